The van der Waals surface area contributed by atoms with E-state index in [0.29, 0.717) is 12.5 Å². The molecule has 0 saturated heterocycles. The first-order chi connectivity index (χ1) is 7.73. The molecule has 2 atom stereocenters. The lowest BCUT2D eigenvalue weighted by atomic mass is 9.74. The highest BCUT2D eigenvalue weighted by Crippen LogP contribution is 2.30. The fourth-order valence-electron chi connectivity index (χ4n) is 2.25. The second-order valence-electron chi connectivity index (χ2n) is 6.24. The maximum atomic E-state index is 11.6. The Labute approximate surface area is 104 Å². The first-order valence-corrected chi connectivity index (χ1v) is 6.49. The molecule has 4 nitrogen and oxygen atoms in total. The lowest BCUT2D eigenvalue weighted by Gasteiger charge is -2.39. The van der Waals surface area contributed by atoms with Crippen LogP contribution < -0.4 is 11.1 Å². The van der Waals surface area contributed by atoms with Gasteiger partial charge in [-0.25, -0.2) is 4.79 Å². The van der Waals surface area contributed by atoms with Crippen molar-refractivity contribution in [2.75, 3.05) is 6.54 Å². The monoisotopic (exact) mass is 242 g/mol. The van der Waals surface area contributed by atoms with Crippen molar-refractivity contribution in [3.05, 3.63) is 0 Å². The summed E-state index contributed by atoms with van der Waals surface area (Å²) >= 11 is 0. The van der Waals surface area contributed by atoms with Gasteiger partial charge in [0.1, 0.15) is 5.60 Å². The number of alkyl carbamates (subject to hydrolysis) is 1. The summed E-state index contributed by atoms with van der Waals surface area (Å²) in [5.74, 6) is 0.450. The average molecular weight is 242 g/mol. The quantitative estimate of drug-likeness (QED) is 0.781. The van der Waals surface area contributed by atoms with Crippen LogP contribution in [0.1, 0.15) is 53.4 Å². The van der Waals surface area contributed by atoms with Crippen molar-refractivity contribution in [1.29, 1.82) is 0 Å². The topological polar surface area (TPSA) is 64.3 Å². The zero-order valence-electron chi connectivity index (χ0n) is 11.5. The third kappa shape index (κ3) is 4.54. The van der Waals surface area contributed by atoms with Crippen LogP contribution >= 0.6 is 0 Å². The molecule has 0 aromatic rings. The minimum absolute atomic E-state index is 0.269. The Kier molecular flexibility index (Phi) is 4.42. The van der Waals surface area contributed by atoms with Crippen LogP contribution in [0, 0.1) is 5.92 Å². The molecule has 1 amide bonds. The number of nitrogens with one attached hydrogen (secondary N) is 1. The molecule has 1 fully saturated rings. The van der Waals surface area contributed by atoms with Crippen LogP contribution in [0.25, 0.3) is 0 Å². The molecule has 0 aliphatic heterocycles. The molecule has 0 aromatic carbocycles. The number of carbonyl (C=O) groups is 1. The van der Waals surface area contributed by atoms with E-state index >= 15 is 0 Å². The number of carbonyl (C=O) groups excluding carboxylic acids is 1. The molecule has 0 unspecified atom stereocenters. The van der Waals surface area contributed by atoms with Crippen LogP contribution in [-0.4, -0.2) is 23.8 Å². The molecule has 1 aliphatic carbocycles. The summed E-state index contributed by atoms with van der Waals surface area (Å²) in [6, 6.07) is 0. The molecule has 0 bridgehead atoms. The summed E-state index contributed by atoms with van der Waals surface area (Å²) in [5.41, 5.74) is 5.62. The molecule has 3 N–H and O–H groups in total. The molecule has 100 valence electrons. The van der Waals surface area contributed by atoms with Gasteiger partial charge in [0.15, 0.2) is 0 Å². The van der Waals surface area contributed by atoms with Gasteiger partial charge in [-0.15, -0.1) is 0 Å². The average Bonchev–Trinajstić information content (AvgIpc) is 2.18. The van der Waals surface area contributed by atoms with Crippen LogP contribution in [0.5, 0.6) is 0 Å². The minimum atomic E-state index is -0.454. The summed E-state index contributed by atoms with van der Waals surface area (Å²) in [6.45, 7) is 8.23. The first-order valence-electron chi connectivity index (χ1n) is 6.49. The Bertz CT molecular complexity index is 273. The van der Waals surface area contributed by atoms with Crippen molar-refractivity contribution in [3.63, 3.8) is 0 Å². The Hall–Kier alpha value is -0.770. The lowest BCUT2D eigenvalue weighted by molar-refractivity contribution is 0.0497. The zero-order chi connectivity index (χ0) is 13.1. The molecular weight excluding hydrogens is 216 g/mol. The Morgan fingerprint density at radius 2 is 2.12 bits per heavy atom. The SMILES string of the molecule is C[C@H]1CCCC[C@@]1(N)CNC(=O)OC(C)(C)C. The summed E-state index contributed by atoms with van der Waals surface area (Å²) in [6.07, 6.45) is 4.14. The van der Waals surface area contributed by atoms with Gasteiger partial charge in [-0.1, -0.05) is 19.8 Å². The van der Waals surface area contributed by atoms with Crippen LogP contribution in [-0.2, 0) is 4.74 Å². The molecule has 1 aliphatic rings. The molecule has 1 rings (SSSR count). The maximum absolute atomic E-state index is 11.6. The van der Waals surface area contributed by atoms with E-state index in [1.807, 2.05) is 20.8 Å². The Morgan fingerprint density at radius 3 is 2.65 bits per heavy atom. The van der Waals surface area contributed by atoms with Gasteiger partial charge in [0.2, 0.25) is 0 Å². The van der Waals surface area contributed by atoms with Gasteiger partial charge in [-0.3, -0.25) is 0 Å². The van der Waals surface area contributed by atoms with E-state index in [4.69, 9.17) is 10.5 Å². The van der Waals surface area contributed by atoms with Crippen LogP contribution in [0.2, 0.25) is 0 Å². The molecule has 0 aromatic heterocycles. The predicted octanol–water partition coefficient (Wildman–Crippen LogP) is 2.42. The van der Waals surface area contributed by atoms with Gasteiger partial charge in [0.05, 0.1) is 0 Å². The van der Waals surface area contributed by atoms with Gasteiger partial charge in [0, 0.05) is 12.1 Å². The Balaban J connectivity index is 2.41. The van der Waals surface area contributed by atoms with Gasteiger partial charge in [0.25, 0.3) is 0 Å². The normalized spacial score (nSPS) is 29.8. The summed E-state index contributed by atoms with van der Waals surface area (Å²) in [4.78, 5) is 11.6. The number of hydrogen-bond donors (Lipinski definition) is 2. The van der Waals surface area contributed by atoms with Gasteiger partial charge < -0.3 is 15.8 Å². The van der Waals surface area contributed by atoms with Crippen molar-refractivity contribution < 1.29 is 9.53 Å². The molecule has 4 heteroatoms. The summed E-state index contributed by atoms with van der Waals surface area (Å²) in [5, 5.41) is 2.79. The molecule has 0 radical (unpaired) electrons. The standard InChI is InChI=1S/C13H26N2O2/c1-10-7-5-6-8-13(10,14)9-15-11(16)17-12(2,3)4/h10H,5-9,14H2,1-4H3,(H,15,16)/t10-,13+/m0/s1. The Morgan fingerprint density at radius 1 is 1.47 bits per heavy atom. The van der Waals surface area contributed by atoms with E-state index in [0.717, 1.165) is 19.3 Å². The van der Waals surface area contributed by atoms with Gasteiger partial charge in [-0.05, 0) is 39.5 Å². The van der Waals surface area contributed by atoms with E-state index in [2.05, 4.69) is 12.2 Å². The predicted molar refractivity (Wildman–Crippen MR) is 68.8 cm³/mol. The number of nitrogens with two attached hydrogens (primary N) is 1. The third-order valence-electron chi connectivity index (χ3n) is 3.47. The van der Waals surface area contributed by atoms with Crippen molar-refractivity contribution in [3.8, 4) is 0 Å². The molecule has 0 spiro atoms. The number of hydrogen-bond acceptors (Lipinski definition) is 3. The first kappa shape index (κ1) is 14.3. The highest BCUT2D eigenvalue weighted by Gasteiger charge is 2.34. The van der Waals surface area contributed by atoms with Crippen LogP contribution in [0.15, 0.2) is 0 Å². The van der Waals surface area contributed by atoms with E-state index in [1.54, 1.807) is 0 Å². The van der Waals surface area contributed by atoms with Crippen molar-refractivity contribution >= 4 is 6.09 Å². The van der Waals surface area contributed by atoms with E-state index < -0.39 is 5.60 Å². The second kappa shape index (κ2) is 5.25. The summed E-state index contributed by atoms with van der Waals surface area (Å²) < 4.78 is 5.20. The van der Waals surface area contributed by atoms with Gasteiger partial charge in [-0.2, -0.15) is 0 Å². The highest BCUT2D eigenvalue weighted by molar-refractivity contribution is 5.67. The lowest BCUT2D eigenvalue weighted by Crippen LogP contribution is -2.56. The number of rotatable bonds is 2. The molecule has 0 heterocycles. The van der Waals surface area contributed by atoms with Crippen molar-refractivity contribution in [2.45, 2.75) is 64.5 Å². The third-order valence-corrected chi connectivity index (χ3v) is 3.47. The van der Waals surface area contributed by atoms with Gasteiger partial charge >= 0.3 is 6.09 Å². The maximum Gasteiger partial charge on any atom is 0.407 e. The van der Waals surface area contributed by atoms with Crippen LogP contribution in [0.4, 0.5) is 4.79 Å². The van der Waals surface area contributed by atoms with E-state index in [-0.39, 0.29) is 11.6 Å². The van der Waals surface area contributed by atoms with Crippen LogP contribution in [0.3, 0.4) is 0 Å². The second-order valence-corrected chi connectivity index (χ2v) is 6.24. The smallest absolute Gasteiger partial charge is 0.407 e. The fraction of sp³-hybridized carbons (Fsp3) is 0.923. The van der Waals surface area contributed by atoms with E-state index in [9.17, 15) is 4.79 Å². The summed E-state index contributed by atoms with van der Waals surface area (Å²) in [7, 11) is 0. The molecular formula is C13H26N2O2. The molecule has 17 heavy (non-hydrogen) atoms. The highest BCUT2D eigenvalue weighted by atomic mass is 16.6. The number of ether oxygens (including phenoxy) is 1. The fourth-order valence-corrected chi connectivity index (χ4v) is 2.25. The number of amides is 1. The largest absolute Gasteiger partial charge is 0.444 e. The zero-order valence-corrected chi connectivity index (χ0v) is 11.5. The van der Waals surface area contributed by atoms with Crippen molar-refractivity contribution in [1.82, 2.24) is 5.32 Å². The van der Waals surface area contributed by atoms with Crippen molar-refractivity contribution in [2.24, 2.45) is 11.7 Å². The van der Waals surface area contributed by atoms with E-state index in [1.165, 1.54) is 6.42 Å². The minimum Gasteiger partial charge on any atom is -0.444 e. The molecule has 1 saturated carbocycles.